The summed E-state index contributed by atoms with van der Waals surface area (Å²) in [6, 6.07) is 9.30. The number of anilines is 1. The van der Waals surface area contributed by atoms with Gasteiger partial charge in [0.1, 0.15) is 0 Å². The zero-order chi connectivity index (χ0) is 13.0. The lowest BCUT2D eigenvalue weighted by molar-refractivity contribution is 0.192. The van der Waals surface area contributed by atoms with E-state index in [9.17, 15) is 5.11 Å². The van der Waals surface area contributed by atoms with E-state index >= 15 is 0 Å². The monoisotopic (exact) mass is 322 g/mol. The molecule has 0 spiro atoms. The van der Waals surface area contributed by atoms with Crippen LogP contribution in [0.4, 0.5) is 5.69 Å². The minimum atomic E-state index is -0.529. The van der Waals surface area contributed by atoms with Gasteiger partial charge in [-0.25, -0.2) is 0 Å². The van der Waals surface area contributed by atoms with E-state index in [0.29, 0.717) is 12.1 Å². The smallest absolute Gasteiger partial charge is 0.0992 e. The van der Waals surface area contributed by atoms with Crippen molar-refractivity contribution in [2.45, 2.75) is 6.10 Å². The molecule has 1 atom stereocenters. The molecule has 0 amide bonds. The highest BCUT2D eigenvalue weighted by Crippen LogP contribution is 2.24. The van der Waals surface area contributed by atoms with Crippen LogP contribution in [-0.4, -0.2) is 11.7 Å². The van der Waals surface area contributed by atoms with Crippen LogP contribution in [0.3, 0.4) is 0 Å². The van der Waals surface area contributed by atoms with Crippen molar-refractivity contribution in [3.8, 4) is 6.07 Å². The number of hydrogen-bond acceptors (Lipinski definition) is 4. The number of aliphatic hydroxyl groups excluding tert-OH is 1. The van der Waals surface area contributed by atoms with Gasteiger partial charge in [0.25, 0.3) is 0 Å². The molecule has 18 heavy (non-hydrogen) atoms. The molecule has 0 bridgehead atoms. The number of nitriles is 1. The van der Waals surface area contributed by atoms with Gasteiger partial charge in [0.2, 0.25) is 0 Å². The third-order valence-corrected chi connectivity index (χ3v) is 3.87. The van der Waals surface area contributed by atoms with Crippen LogP contribution in [0.15, 0.2) is 39.5 Å². The quantitative estimate of drug-likeness (QED) is 0.905. The van der Waals surface area contributed by atoms with Crippen molar-refractivity contribution in [3.05, 3.63) is 50.6 Å². The van der Waals surface area contributed by atoms with Crippen molar-refractivity contribution >= 4 is 33.0 Å². The summed E-state index contributed by atoms with van der Waals surface area (Å²) < 4.78 is 0.819. The lowest BCUT2D eigenvalue weighted by Gasteiger charge is -2.13. The Hall–Kier alpha value is -1.35. The Morgan fingerprint density at radius 1 is 1.44 bits per heavy atom. The van der Waals surface area contributed by atoms with Gasteiger partial charge in [-0.2, -0.15) is 16.6 Å². The number of benzene rings is 1. The Morgan fingerprint density at radius 3 is 2.89 bits per heavy atom. The Bertz CT molecular complexity index is 563. The summed E-state index contributed by atoms with van der Waals surface area (Å²) in [7, 11) is 0. The summed E-state index contributed by atoms with van der Waals surface area (Å²) in [6.07, 6.45) is -0.529. The van der Waals surface area contributed by atoms with Gasteiger partial charge >= 0.3 is 0 Å². The second kappa shape index (κ2) is 6.01. The summed E-state index contributed by atoms with van der Waals surface area (Å²) in [5.41, 5.74) is 2.38. The third-order valence-electron chi connectivity index (χ3n) is 2.51. The summed E-state index contributed by atoms with van der Waals surface area (Å²) in [5.74, 6) is 0. The topological polar surface area (TPSA) is 56.0 Å². The number of hydrogen-bond donors (Lipinski definition) is 2. The molecule has 0 fully saturated rings. The van der Waals surface area contributed by atoms with E-state index in [-0.39, 0.29) is 0 Å². The minimum absolute atomic E-state index is 0.432. The van der Waals surface area contributed by atoms with E-state index in [4.69, 9.17) is 5.26 Å². The SMILES string of the molecule is N#Cc1ccc(NCC(O)c2ccsc2)c(Br)c1. The Balaban J connectivity index is 2.00. The fourth-order valence-electron chi connectivity index (χ4n) is 1.52. The molecule has 2 aromatic rings. The van der Waals surface area contributed by atoms with Crippen molar-refractivity contribution in [1.82, 2.24) is 0 Å². The highest BCUT2D eigenvalue weighted by atomic mass is 79.9. The largest absolute Gasteiger partial charge is 0.387 e. The highest BCUT2D eigenvalue weighted by Gasteiger charge is 2.08. The van der Waals surface area contributed by atoms with Crippen molar-refractivity contribution < 1.29 is 5.11 Å². The third kappa shape index (κ3) is 3.10. The number of thiophene rings is 1. The first kappa shape index (κ1) is 13.1. The van der Waals surface area contributed by atoms with Gasteiger partial charge in [-0.3, -0.25) is 0 Å². The number of rotatable bonds is 4. The van der Waals surface area contributed by atoms with Gasteiger partial charge < -0.3 is 10.4 Å². The van der Waals surface area contributed by atoms with Gasteiger partial charge in [-0.05, 0) is 56.5 Å². The van der Waals surface area contributed by atoms with Crippen molar-refractivity contribution in [1.29, 1.82) is 5.26 Å². The molecule has 5 heteroatoms. The molecule has 1 aromatic heterocycles. The number of halogens is 1. The van der Waals surface area contributed by atoms with Crippen LogP contribution in [0.1, 0.15) is 17.2 Å². The lowest BCUT2D eigenvalue weighted by Crippen LogP contribution is -2.11. The van der Waals surface area contributed by atoms with E-state index < -0.39 is 6.10 Å². The second-order valence-electron chi connectivity index (χ2n) is 3.76. The first-order valence-corrected chi connectivity index (χ1v) is 7.08. The second-order valence-corrected chi connectivity index (χ2v) is 5.39. The molecule has 0 aliphatic carbocycles. The van der Waals surface area contributed by atoms with E-state index in [0.717, 1.165) is 15.7 Å². The van der Waals surface area contributed by atoms with Crippen molar-refractivity contribution in [3.63, 3.8) is 0 Å². The van der Waals surface area contributed by atoms with E-state index in [1.807, 2.05) is 22.9 Å². The summed E-state index contributed by atoms with van der Waals surface area (Å²) in [5, 5.41) is 25.7. The molecule has 0 aliphatic heterocycles. The van der Waals surface area contributed by atoms with Crippen LogP contribution < -0.4 is 5.32 Å². The van der Waals surface area contributed by atoms with Gasteiger partial charge in [0.15, 0.2) is 0 Å². The first-order chi connectivity index (χ1) is 8.70. The summed E-state index contributed by atoms with van der Waals surface area (Å²) >= 11 is 4.96. The minimum Gasteiger partial charge on any atom is -0.387 e. The molecule has 2 N–H and O–H groups in total. The van der Waals surface area contributed by atoms with Crippen LogP contribution in [0.2, 0.25) is 0 Å². The molecule has 0 saturated carbocycles. The van der Waals surface area contributed by atoms with E-state index in [1.54, 1.807) is 23.5 Å². The predicted octanol–water partition coefficient (Wildman–Crippen LogP) is 3.53. The normalized spacial score (nSPS) is 11.8. The zero-order valence-corrected chi connectivity index (χ0v) is 11.8. The standard InChI is InChI=1S/C13H11BrN2OS/c14-11-5-9(6-15)1-2-12(11)16-7-13(17)10-3-4-18-8-10/h1-5,8,13,16-17H,7H2. The zero-order valence-electron chi connectivity index (χ0n) is 9.43. The van der Waals surface area contributed by atoms with Crippen LogP contribution in [-0.2, 0) is 0 Å². The number of aliphatic hydroxyl groups is 1. The first-order valence-electron chi connectivity index (χ1n) is 5.34. The van der Waals surface area contributed by atoms with Crippen molar-refractivity contribution in [2.24, 2.45) is 0 Å². The Labute approximate surface area is 118 Å². The molecule has 0 saturated heterocycles. The van der Waals surface area contributed by atoms with E-state index in [1.165, 1.54) is 0 Å². The van der Waals surface area contributed by atoms with Gasteiger partial charge in [0, 0.05) is 16.7 Å². The molecule has 1 heterocycles. The van der Waals surface area contributed by atoms with Crippen LogP contribution in [0.5, 0.6) is 0 Å². The van der Waals surface area contributed by atoms with Crippen molar-refractivity contribution in [2.75, 3.05) is 11.9 Å². The fourth-order valence-corrected chi connectivity index (χ4v) is 2.74. The van der Waals surface area contributed by atoms with Crippen LogP contribution in [0, 0.1) is 11.3 Å². The Morgan fingerprint density at radius 2 is 2.28 bits per heavy atom. The molecule has 1 aromatic carbocycles. The predicted molar refractivity (Wildman–Crippen MR) is 76.6 cm³/mol. The van der Waals surface area contributed by atoms with Gasteiger partial charge in [-0.1, -0.05) is 0 Å². The van der Waals surface area contributed by atoms with Gasteiger partial charge in [0.05, 0.1) is 17.7 Å². The average molecular weight is 323 g/mol. The Kier molecular flexibility index (Phi) is 4.37. The maximum atomic E-state index is 9.94. The molecule has 0 radical (unpaired) electrons. The van der Waals surface area contributed by atoms with Gasteiger partial charge in [-0.15, -0.1) is 0 Å². The summed E-state index contributed by atoms with van der Waals surface area (Å²) in [6.45, 7) is 0.432. The molecule has 3 nitrogen and oxygen atoms in total. The average Bonchev–Trinajstić information content (AvgIpc) is 2.90. The maximum absolute atomic E-state index is 9.94. The molecular weight excluding hydrogens is 312 g/mol. The molecular formula is C13H11BrN2OS. The molecule has 2 rings (SSSR count). The van der Waals surface area contributed by atoms with Crippen LogP contribution in [0.25, 0.3) is 0 Å². The maximum Gasteiger partial charge on any atom is 0.0992 e. The molecule has 92 valence electrons. The highest BCUT2D eigenvalue weighted by molar-refractivity contribution is 9.10. The summed E-state index contributed by atoms with van der Waals surface area (Å²) in [4.78, 5) is 0. The lowest BCUT2D eigenvalue weighted by atomic mass is 10.2. The van der Waals surface area contributed by atoms with Crippen LogP contribution >= 0.6 is 27.3 Å². The van der Waals surface area contributed by atoms with E-state index in [2.05, 4.69) is 27.3 Å². The fraction of sp³-hybridized carbons (Fsp3) is 0.154. The molecule has 0 aliphatic rings. The molecule has 1 unspecified atom stereocenters. The number of nitrogens with one attached hydrogen (secondary N) is 1. The number of nitrogens with zero attached hydrogens (tertiary/aromatic N) is 1.